The van der Waals surface area contributed by atoms with Crippen molar-refractivity contribution in [3.63, 3.8) is 0 Å². The number of fused-ring (bicyclic) bond motifs is 2. The van der Waals surface area contributed by atoms with Crippen molar-refractivity contribution in [3.8, 4) is 0 Å². The molecule has 0 saturated carbocycles. The number of anilines is 1. The summed E-state index contributed by atoms with van der Waals surface area (Å²) in [6, 6.07) is 7.66. The van der Waals surface area contributed by atoms with Gasteiger partial charge in [-0.2, -0.15) is 0 Å². The third-order valence-corrected chi connectivity index (χ3v) is 6.80. The lowest BCUT2D eigenvalue weighted by atomic mass is 10.1. The number of ether oxygens (including phenoxy) is 2. The van der Waals surface area contributed by atoms with Gasteiger partial charge in [0, 0.05) is 12.4 Å². The van der Waals surface area contributed by atoms with Crippen molar-refractivity contribution >= 4 is 39.8 Å². The highest BCUT2D eigenvalue weighted by Gasteiger charge is 2.44. The smallest absolute Gasteiger partial charge is 0.256 e. The van der Waals surface area contributed by atoms with E-state index in [-0.39, 0.29) is 6.04 Å². The van der Waals surface area contributed by atoms with Crippen LogP contribution in [-0.2, 0) is 9.47 Å². The molecule has 2 aliphatic rings. The molecule has 5 atom stereocenters. The van der Waals surface area contributed by atoms with Crippen LogP contribution in [0.25, 0.3) is 22.3 Å². The third kappa shape index (κ3) is 3.83. The molecule has 4 aromatic rings. The number of aliphatic hydroxyl groups is 2. The molecule has 0 amide bonds. The Kier molecular flexibility index (Phi) is 5.38. The van der Waals surface area contributed by atoms with Gasteiger partial charge in [-0.1, -0.05) is 23.9 Å². The number of nitrogens with zero attached hydrogens (tertiary/aromatic N) is 5. The van der Waals surface area contributed by atoms with E-state index in [0.717, 1.165) is 11.9 Å². The number of imidazole rings is 1. The Hall–Kier alpha value is -2.77. The summed E-state index contributed by atoms with van der Waals surface area (Å²) in [5.41, 5.74) is 2.54. The maximum Gasteiger partial charge on any atom is 0.256 e. The summed E-state index contributed by atoms with van der Waals surface area (Å²) in [5.74, 6) is 0.961. The Bertz CT molecular complexity index is 1240. The van der Waals surface area contributed by atoms with Crippen LogP contribution in [0.2, 0.25) is 0 Å². The number of para-hydroxylation sites is 2. The number of benzene rings is 1. The van der Waals surface area contributed by atoms with E-state index in [0.29, 0.717) is 46.8 Å². The van der Waals surface area contributed by atoms with Gasteiger partial charge < -0.3 is 29.4 Å². The van der Waals surface area contributed by atoms with Crippen LogP contribution in [0.4, 0.5) is 5.82 Å². The first kappa shape index (κ1) is 20.8. The van der Waals surface area contributed by atoms with E-state index in [4.69, 9.17) is 13.9 Å². The predicted molar refractivity (Wildman–Crippen MR) is 119 cm³/mol. The number of aliphatic hydroxyl groups excluding tert-OH is 2. The molecule has 2 fully saturated rings. The van der Waals surface area contributed by atoms with Crippen LogP contribution in [0.5, 0.6) is 0 Å². The zero-order valence-electron chi connectivity index (χ0n) is 17.4. The molecule has 172 valence electrons. The normalized spacial score (nSPS) is 27.6. The molecule has 6 rings (SSSR count). The molecule has 11 nitrogen and oxygen atoms in total. The molecule has 5 heterocycles. The first-order chi connectivity index (χ1) is 16.2. The van der Waals surface area contributed by atoms with Gasteiger partial charge in [-0.15, -0.1) is 0 Å². The van der Waals surface area contributed by atoms with Gasteiger partial charge in [-0.3, -0.25) is 4.57 Å². The van der Waals surface area contributed by atoms with Crippen molar-refractivity contribution in [1.29, 1.82) is 0 Å². The largest absolute Gasteiger partial charge is 0.431 e. The van der Waals surface area contributed by atoms with Crippen molar-refractivity contribution in [2.24, 2.45) is 0 Å². The standard InChI is InChI=1S/C21H22N6O5S/c28-16-14(8-33-21-26-12-3-1-2-4-13(12)32-21)31-20(17(16)29)27-10-24-15-18(22-9-23-19(15)27)25-11-5-6-30-7-11/h1-4,9-11,14,16-17,20,28-29H,5-8H2,(H,22,23,25)/t11?,14-,16-,17-,20-/m1/s1. The maximum absolute atomic E-state index is 10.7. The van der Waals surface area contributed by atoms with Crippen LogP contribution in [-0.4, -0.2) is 78.0 Å². The first-order valence-electron chi connectivity index (χ1n) is 10.7. The summed E-state index contributed by atoms with van der Waals surface area (Å²) in [7, 11) is 0. The van der Waals surface area contributed by atoms with Crippen LogP contribution in [0.1, 0.15) is 12.6 Å². The van der Waals surface area contributed by atoms with Crippen molar-refractivity contribution in [3.05, 3.63) is 36.9 Å². The van der Waals surface area contributed by atoms with Gasteiger partial charge in [0.2, 0.25) is 0 Å². The number of hydrogen-bond acceptors (Lipinski definition) is 11. The quantitative estimate of drug-likeness (QED) is 0.354. The second-order valence-electron chi connectivity index (χ2n) is 8.06. The van der Waals surface area contributed by atoms with E-state index in [1.54, 1.807) is 10.9 Å². The molecule has 1 aromatic carbocycles. The van der Waals surface area contributed by atoms with Gasteiger partial charge in [0.1, 0.15) is 24.1 Å². The van der Waals surface area contributed by atoms with Crippen LogP contribution < -0.4 is 5.32 Å². The SMILES string of the molecule is O[C@@H]1[C@H](O)[C@@H](CSc2nc3ccccc3o2)O[C@H]1n1cnc2c(NC3CCOC3)ncnc21. The predicted octanol–water partition coefficient (Wildman–Crippen LogP) is 1.58. The Labute approximate surface area is 192 Å². The average Bonchev–Trinajstić information content (AvgIpc) is 3.61. The van der Waals surface area contributed by atoms with E-state index >= 15 is 0 Å². The zero-order chi connectivity index (χ0) is 22.4. The van der Waals surface area contributed by atoms with Gasteiger partial charge in [0.15, 0.2) is 28.8 Å². The van der Waals surface area contributed by atoms with E-state index in [2.05, 4.69) is 25.3 Å². The molecule has 2 saturated heterocycles. The molecule has 2 aliphatic heterocycles. The number of rotatable bonds is 6. The number of nitrogens with one attached hydrogen (secondary N) is 1. The minimum atomic E-state index is -1.15. The van der Waals surface area contributed by atoms with Crippen molar-refractivity contribution < 1.29 is 24.1 Å². The summed E-state index contributed by atoms with van der Waals surface area (Å²) in [6.07, 6.45) is 0.186. The molecule has 12 heteroatoms. The second-order valence-corrected chi connectivity index (χ2v) is 9.03. The first-order valence-corrected chi connectivity index (χ1v) is 11.7. The zero-order valence-corrected chi connectivity index (χ0v) is 18.3. The molecular formula is C21H22N6O5S. The number of oxazole rings is 1. The molecule has 3 N–H and O–H groups in total. The monoisotopic (exact) mass is 470 g/mol. The fraction of sp³-hybridized carbons (Fsp3) is 0.429. The van der Waals surface area contributed by atoms with Gasteiger partial charge in [0.05, 0.1) is 25.1 Å². The summed E-state index contributed by atoms with van der Waals surface area (Å²) >= 11 is 1.33. The molecule has 33 heavy (non-hydrogen) atoms. The van der Waals surface area contributed by atoms with Crippen LogP contribution >= 0.6 is 11.8 Å². The number of aromatic nitrogens is 5. The van der Waals surface area contributed by atoms with E-state index in [9.17, 15) is 10.2 Å². The molecular weight excluding hydrogens is 448 g/mol. The average molecular weight is 471 g/mol. The Balaban J connectivity index is 1.19. The van der Waals surface area contributed by atoms with Crippen LogP contribution in [0.3, 0.4) is 0 Å². The van der Waals surface area contributed by atoms with E-state index < -0.39 is 24.5 Å². The Morgan fingerprint density at radius 2 is 2.06 bits per heavy atom. The number of hydrogen-bond donors (Lipinski definition) is 3. The molecule has 0 spiro atoms. The van der Waals surface area contributed by atoms with Gasteiger partial charge in [0.25, 0.3) is 5.22 Å². The summed E-state index contributed by atoms with van der Waals surface area (Å²) in [5, 5.41) is 25.2. The van der Waals surface area contributed by atoms with Gasteiger partial charge in [-0.25, -0.2) is 19.9 Å². The molecule has 0 aliphatic carbocycles. The lowest BCUT2D eigenvalue weighted by Gasteiger charge is -2.17. The second kappa shape index (κ2) is 8.54. The van der Waals surface area contributed by atoms with Crippen LogP contribution in [0.15, 0.2) is 46.6 Å². The maximum atomic E-state index is 10.7. The summed E-state index contributed by atoms with van der Waals surface area (Å²) in [6.45, 7) is 1.32. The van der Waals surface area contributed by atoms with Crippen molar-refractivity contribution in [1.82, 2.24) is 24.5 Å². The third-order valence-electron chi connectivity index (χ3n) is 5.89. The molecule has 0 bridgehead atoms. The fourth-order valence-corrected chi connectivity index (χ4v) is 5.04. The van der Waals surface area contributed by atoms with Crippen molar-refractivity contribution in [2.75, 3.05) is 24.3 Å². The lowest BCUT2D eigenvalue weighted by molar-refractivity contribution is -0.0289. The van der Waals surface area contributed by atoms with E-state index in [1.165, 1.54) is 18.1 Å². The Morgan fingerprint density at radius 1 is 1.15 bits per heavy atom. The highest BCUT2D eigenvalue weighted by atomic mass is 32.2. The minimum Gasteiger partial charge on any atom is -0.431 e. The minimum absolute atomic E-state index is 0.164. The Morgan fingerprint density at radius 3 is 2.91 bits per heavy atom. The summed E-state index contributed by atoms with van der Waals surface area (Å²) < 4.78 is 18.8. The summed E-state index contributed by atoms with van der Waals surface area (Å²) in [4.78, 5) is 17.5. The fourth-order valence-electron chi connectivity index (χ4n) is 4.15. The lowest BCUT2D eigenvalue weighted by Crippen LogP contribution is -2.32. The van der Waals surface area contributed by atoms with Gasteiger partial charge >= 0.3 is 0 Å². The highest BCUT2D eigenvalue weighted by Crippen LogP contribution is 2.35. The van der Waals surface area contributed by atoms with Gasteiger partial charge in [-0.05, 0) is 18.6 Å². The van der Waals surface area contributed by atoms with Crippen molar-refractivity contribution in [2.45, 2.75) is 42.2 Å². The molecule has 0 radical (unpaired) electrons. The van der Waals surface area contributed by atoms with E-state index in [1.807, 2.05) is 24.3 Å². The molecule has 1 unspecified atom stereocenters. The molecule has 3 aromatic heterocycles. The number of thioether (sulfide) groups is 1. The topological polar surface area (TPSA) is 141 Å². The van der Waals surface area contributed by atoms with Crippen LogP contribution in [0, 0.1) is 0 Å². The highest BCUT2D eigenvalue weighted by molar-refractivity contribution is 7.99.